The molecule has 0 bridgehead atoms. The number of ether oxygens (including phenoxy) is 1. The molecule has 0 heterocycles. The number of primary sulfonamides is 1. The van der Waals surface area contributed by atoms with Crippen LogP contribution in [0.4, 0.5) is 4.39 Å². The van der Waals surface area contributed by atoms with Crippen molar-refractivity contribution in [3.8, 4) is 5.75 Å². The van der Waals surface area contributed by atoms with Crippen molar-refractivity contribution in [3.63, 3.8) is 0 Å². The average molecular weight is 275 g/mol. The Kier molecular flexibility index (Phi) is 4.34. The van der Waals surface area contributed by atoms with Crippen molar-refractivity contribution in [2.24, 2.45) is 10.6 Å². The van der Waals surface area contributed by atoms with E-state index in [1.165, 1.54) is 6.07 Å². The van der Waals surface area contributed by atoms with Crippen molar-refractivity contribution >= 4 is 10.0 Å². The quantitative estimate of drug-likeness (QED) is 0.891. The Morgan fingerprint density at radius 2 is 2.00 bits per heavy atom. The predicted molar refractivity (Wildman–Crippen MR) is 68.4 cm³/mol. The summed E-state index contributed by atoms with van der Waals surface area (Å²) >= 11 is 0. The number of halogens is 1. The van der Waals surface area contributed by atoms with Gasteiger partial charge < -0.3 is 4.74 Å². The summed E-state index contributed by atoms with van der Waals surface area (Å²) in [6.07, 6.45) is 0. The fraction of sp³-hybridized carbons (Fsp3) is 0.500. The molecule has 0 saturated carbocycles. The summed E-state index contributed by atoms with van der Waals surface area (Å²) < 4.78 is 40.8. The monoisotopic (exact) mass is 275 g/mol. The number of aryl methyl sites for hydroxylation is 1. The van der Waals surface area contributed by atoms with Gasteiger partial charge in [0.2, 0.25) is 10.0 Å². The van der Waals surface area contributed by atoms with Crippen LogP contribution >= 0.6 is 0 Å². The highest BCUT2D eigenvalue weighted by atomic mass is 32.2. The molecular weight excluding hydrogens is 257 g/mol. The molecule has 0 spiro atoms. The van der Waals surface area contributed by atoms with E-state index in [4.69, 9.17) is 9.88 Å². The molecule has 0 unspecified atom stereocenters. The largest absolute Gasteiger partial charge is 0.490 e. The molecule has 18 heavy (non-hydrogen) atoms. The summed E-state index contributed by atoms with van der Waals surface area (Å²) in [7, 11) is -3.58. The highest BCUT2D eigenvalue weighted by molar-refractivity contribution is 7.89. The molecule has 1 aromatic rings. The topological polar surface area (TPSA) is 69.4 Å². The van der Waals surface area contributed by atoms with Gasteiger partial charge in [0.1, 0.15) is 0 Å². The number of hydrogen-bond acceptors (Lipinski definition) is 3. The minimum absolute atomic E-state index is 0.0732. The highest BCUT2D eigenvalue weighted by Crippen LogP contribution is 2.23. The molecule has 4 nitrogen and oxygen atoms in total. The van der Waals surface area contributed by atoms with Gasteiger partial charge in [0, 0.05) is 5.41 Å². The molecule has 0 fully saturated rings. The number of nitrogens with two attached hydrogens (primary N) is 1. The first kappa shape index (κ1) is 14.9. The molecule has 102 valence electrons. The van der Waals surface area contributed by atoms with E-state index < -0.39 is 21.3 Å². The van der Waals surface area contributed by atoms with E-state index >= 15 is 0 Å². The smallest absolute Gasteiger partial charge is 0.209 e. The second kappa shape index (κ2) is 5.24. The lowest BCUT2D eigenvalue weighted by atomic mass is 9.98. The first-order chi connectivity index (χ1) is 8.09. The fourth-order valence-corrected chi connectivity index (χ4v) is 2.75. The molecule has 2 N–H and O–H groups in total. The van der Waals surface area contributed by atoms with Gasteiger partial charge in [-0.1, -0.05) is 19.9 Å². The van der Waals surface area contributed by atoms with Crippen LogP contribution in [0.15, 0.2) is 18.2 Å². The van der Waals surface area contributed by atoms with E-state index in [1.807, 2.05) is 6.92 Å². The molecule has 0 aromatic heterocycles. The fourth-order valence-electron chi connectivity index (χ4n) is 1.58. The zero-order valence-corrected chi connectivity index (χ0v) is 11.6. The number of sulfonamides is 1. The third-order valence-electron chi connectivity index (χ3n) is 2.30. The van der Waals surface area contributed by atoms with Crippen LogP contribution in [-0.2, 0) is 10.0 Å². The van der Waals surface area contributed by atoms with Gasteiger partial charge in [0.15, 0.2) is 11.6 Å². The van der Waals surface area contributed by atoms with Gasteiger partial charge in [0.25, 0.3) is 0 Å². The van der Waals surface area contributed by atoms with Crippen LogP contribution in [0, 0.1) is 18.2 Å². The van der Waals surface area contributed by atoms with Gasteiger partial charge in [-0.15, -0.1) is 0 Å². The summed E-state index contributed by atoms with van der Waals surface area (Å²) in [6.45, 7) is 5.29. The molecule has 1 rings (SSSR count). The van der Waals surface area contributed by atoms with E-state index in [0.29, 0.717) is 0 Å². The van der Waals surface area contributed by atoms with Crippen molar-refractivity contribution < 1.29 is 17.5 Å². The van der Waals surface area contributed by atoms with Crippen molar-refractivity contribution in [2.75, 3.05) is 12.4 Å². The Hall–Kier alpha value is -1.14. The lowest BCUT2D eigenvalue weighted by Gasteiger charge is -2.23. The summed E-state index contributed by atoms with van der Waals surface area (Å²) in [5.41, 5.74) is 0.194. The van der Waals surface area contributed by atoms with Crippen LogP contribution in [0.5, 0.6) is 5.75 Å². The van der Waals surface area contributed by atoms with E-state index in [-0.39, 0.29) is 18.1 Å². The summed E-state index contributed by atoms with van der Waals surface area (Å²) in [4.78, 5) is 0. The number of rotatable bonds is 5. The molecule has 6 heteroatoms. The maximum Gasteiger partial charge on any atom is 0.209 e. The zero-order valence-electron chi connectivity index (χ0n) is 10.7. The van der Waals surface area contributed by atoms with Crippen LogP contribution in [0.3, 0.4) is 0 Å². The molecule has 1 aromatic carbocycles. The van der Waals surface area contributed by atoms with E-state index in [9.17, 15) is 12.8 Å². The molecule has 0 aliphatic rings. The van der Waals surface area contributed by atoms with Gasteiger partial charge in [-0.3, -0.25) is 0 Å². The summed E-state index contributed by atoms with van der Waals surface area (Å²) in [5.74, 6) is -0.558. The standard InChI is InChI=1S/C12H18FNO3S/c1-9-4-5-10(13)11(6-9)17-7-12(2,3)8-18(14,15)16/h4-6H,7-8H2,1-3H3,(H2,14,15,16). The van der Waals surface area contributed by atoms with Crippen molar-refractivity contribution in [3.05, 3.63) is 29.6 Å². The first-order valence-corrected chi connectivity index (χ1v) is 7.20. The van der Waals surface area contributed by atoms with E-state index in [2.05, 4.69) is 0 Å². The van der Waals surface area contributed by atoms with Crippen molar-refractivity contribution in [1.29, 1.82) is 0 Å². The van der Waals surface area contributed by atoms with E-state index in [1.54, 1.807) is 26.0 Å². The molecule has 0 aliphatic carbocycles. The predicted octanol–water partition coefficient (Wildman–Crippen LogP) is 1.83. The second-order valence-electron chi connectivity index (χ2n) is 5.19. The van der Waals surface area contributed by atoms with E-state index in [0.717, 1.165) is 5.56 Å². The van der Waals surface area contributed by atoms with Crippen molar-refractivity contribution in [2.45, 2.75) is 20.8 Å². The molecule has 0 radical (unpaired) electrons. The zero-order chi connectivity index (χ0) is 14.0. The molecular formula is C12H18FNO3S. The molecule has 0 atom stereocenters. The molecule has 0 amide bonds. The minimum atomic E-state index is -3.58. The van der Waals surface area contributed by atoms with Gasteiger partial charge in [-0.25, -0.2) is 17.9 Å². The Morgan fingerprint density at radius 3 is 2.56 bits per heavy atom. The summed E-state index contributed by atoms with van der Waals surface area (Å²) in [6, 6.07) is 4.53. The Bertz CT molecular complexity index is 526. The van der Waals surface area contributed by atoms with Gasteiger partial charge in [0.05, 0.1) is 12.4 Å². The number of benzene rings is 1. The Labute approximate surface area is 107 Å². The molecule has 0 saturated heterocycles. The number of hydrogen-bond donors (Lipinski definition) is 1. The van der Waals surface area contributed by atoms with Crippen LogP contribution < -0.4 is 9.88 Å². The summed E-state index contributed by atoms with van der Waals surface area (Å²) in [5, 5.41) is 4.99. The molecule has 0 aliphatic heterocycles. The normalized spacial score (nSPS) is 12.5. The van der Waals surface area contributed by atoms with Crippen LogP contribution in [0.25, 0.3) is 0 Å². The Morgan fingerprint density at radius 1 is 1.39 bits per heavy atom. The van der Waals surface area contributed by atoms with Gasteiger partial charge in [-0.2, -0.15) is 0 Å². The first-order valence-electron chi connectivity index (χ1n) is 5.48. The van der Waals surface area contributed by atoms with Crippen LogP contribution in [0.1, 0.15) is 19.4 Å². The SMILES string of the molecule is Cc1ccc(F)c(OCC(C)(C)CS(N)(=O)=O)c1. The third-order valence-corrected chi connectivity index (χ3v) is 3.48. The lowest BCUT2D eigenvalue weighted by Crippen LogP contribution is -2.33. The van der Waals surface area contributed by atoms with Crippen LogP contribution in [0.2, 0.25) is 0 Å². The Balaban J connectivity index is 2.72. The van der Waals surface area contributed by atoms with Crippen LogP contribution in [-0.4, -0.2) is 20.8 Å². The second-order valence-corrected chi connectivity index (χ2v) is 6.81. The third kappa shape index (κ3) is 5.01. The van der Waals surface area contributed by atoms with Crippen molar-refractivity contribution in [1.82, 2.24) is 0 Å². The maximum absolute atomic E-state index is 13.4. The van der Waals surface area contributed by atoms with Gasteiger partial charge >= 0.3 is 0 Å². The highest BCUT2D eigenvalue weighted by Gasteiger charge is 2.25. The lowest BCUT2D eigenvalue weighted by molar-refractivity contribution is 0.193. The average Bonchev–Trinajstić information content (AvgIpc) is 2.16. The van der Waals surface area contributed by atoms with Gasteiger partial charge in [-0.05, 0) is 24.6 Å². The minimum Gasteiger partial charge on any atom is -0.490 e. The maximum atomic E-state index is 13.4.